The minimum absolute atomic E-state index is 0.00452. The normalized spacial score (nSPS) is 33.7. The maximum atomic E-state index is 14.7. The fourth-order valence-electron chi connectivity index (χ4n) is 4.20. The quantitative estimate of drug-likeness (QED) is 0.230. The highest BCUT2D eigenvalue weighted by atomic mass is 32.2. The SMILES string of the molecule is [2H]c1c([2H])c([C@@H]2C[C@@]2([2H])Nc2nc(SC([2H])([2H])C([2H])([2H])C)nc3c2nnn3[C@@H]2C[C@H](OCCO)[C@@H](O)[C@H]2O)c([2H])c(F)c1C. The molecule has 1 aromatic carbocycles. The Balaban J connectivity index is 1.56. The van der Waals surface area contributed by atoms with Gasteiger partial charge in [0.05, 0.1) is 30.8 Å². The first kappa shape index (κ1) is 17.2. The summed E-state index contributed by atoms with van der Waals surface area (Å²) in [5, 5.41) is 41.2. The van der Waals surface area contributed by atoms with E-state index < -0.39 is 60.2 Å². The van der Waals surface area contributed by atoms with E-state index in [1.807, 2.05) is 0 Å². The van der Waals surface area contributed by atoms with Gasteiger partial charge in [0.2, 0.25) is 0 Å². The smallest absolute Gasteiger partial charge is 0.191 e. The summed E-state index contributed by atoms with van der Waals surface area (Å²) in [6.07, 6.45) is -5.86. The molecule has 2 aromatic heterocycles. The molecule has 0 amide bonds. The lowest BCUT2D eigenvalue weighted by Crippen LogP contribution is -2.33. The Bertz CT molecular complexity index is 1570. The van der Waals surface area contributed by atoms with Gasteiger partial charge in [-0.15, -0.1) is 5.10 Å². The summed E-state index contributed by atoms with van der Waals surface area (Å²) in [4.78, 5) is 8.65. The highest BCUT2D eigenvalue weighted by Gasteiger charge is 2.45. The molecule has 2 heterocycles. The van der Waals surface area contributed by atoms with Gasteiger partial charge < -0.3 is 25.4 Å². The summed E-state index contributed by atoms with van der Waals surface area (Å²) in [6, 6.07) is -3.89. The molecule has 2 aliphatic rings. The van der Waals surface area contributed by atoms with E-state index in [2.05, 4.69) is 25.6 Å². The predicted molar refractivity (Wildman–Crippen MR) is 133 cm³/mol. The van der Waals surface area contributed by atoms with Gasteiger partial charge in [-0.3, -0.25) is 0 Å². The average molecular weight is 527 g/mol. The fraction of sp³-hybridized carbons (Fsp3) is 0.583. The first-order valence-electron chi connectivity index (χ1n) is 15.4. The molecule has 36 heavy (non-hydrogen) atoms. The number of rotatable bonds is 10. The molecule has 194 valence electrons. The molecule has 3 aromatic rings. The van der Waals surface area contributed by atoms with Crippen LogP contribution in [0.1, 0.15) is 60.2 Å². The number of anilines is 1. The van der Waals surface area contributed by atoms with Crippen LogP contribution in [-0.4, -0.2) is 83.5 Å². The molecule has 2 fully saturated rings. The number of aliphatic hydroxyl groups excluding tert-OH is 3. The van der Waals surface area contributed by atoms with E-state index in [0.717, 1.165) is 6.92 Å². The molecule has 6 atom stereocenters. The Labute approximate surface area is 223 Å². The zero-order valence-corrected chi connectivity index (χ0v) is 20.3. The zero-order chi connectivity index (χ0) is 32.5. The van der Waals surface area contributed by atoms with Crippen molar-refractivity contribution in [2.45, 2.75) is 74.5 Å². The second-order valence-corrected chi connectivity index (χ2v) is 9.34. The van der Waals surface area contributed by atoms with Crippen LogP contribution in [-0.2, 0) is 4.74 Å². The zero-order valence-electron chi connectivity index (χ0n) is 27.5. The van der Waals surface area contributed by atoms with Crippen molar-refractivity contribution in [3.63, 3.8) is 0 Å². The van der Waals surface area contributed by atoms with Crippen molar-refractivity contribution < 1.29 is 35.4 Å². The van der Waals surface area contributed by atoms with Crippen LogP contribution in [0.4, 0.5) is 10.2 Å². The van der Waals surface area contributed by atoms with Crippen LogP contribution in [0.15, 0.2) is 23.3 Å². The van der Waals surface area contributed by atoms with E-state index in [4.69, 9.17) is 20.8 Å². The van der Waals surface area contributed by atoms with E-state index >= 15 is 0 Å². The fourth-order valence-corrected chi connectivity index (χ4v) is 4.67. The number of benzene rings is 1. The van der Waals surface area contributed by atoms with Crippen molar-refractivity contribution in [1.82, 2.24) is 25.0 Å². The van der Waals surface area contributed by atoms with Gasteiger partial charge in [0, 0.05) is 29.5 Å². The van der Waals surface area contributed by atoms with Gasteiger partial charge in [0.25, 0.3) is 0 Å². The van der Waals surface area contributed by atoms with Crippen LogP contribution in [0.25, 0.3) is 11.2 Å². The van der Waals surface area contributed by atoms with Gasteiger partial charge in [-0.05, 0) is 36.9 Å². The Morgan fingerprint density at radius 2 is 2.17 bits per heavy atom. The van der Waals surface area contributed by atoms with Crippen LogP contribution in [0, 0.1) is 12.7 Å². The highest BCUT2D eigenvalue weighted by molar-refractivity contribution is 7.99. The molecular formula is C24H31FN6O4S. The molecule has 0 spiro atoms. The van der Waals surface area contributed by atoms with Crippen molar-refractivity contribution in [1.29, 1.82) is 0 Å². The largest absolute Gasteiger partial charge is 0.394 e. The molecule has 0 bridgehead atoms. The number of nitrogens with one attached hydrogen (secondary N) is 1. The molecule has 2 aliphatic carbocycles. The maximum Gasteiger partial charge on any atom is 0.191 e. The summed E-state index contributed by atoms with van der Waals surface area (Å²) in [7, 11) is 0. The van der Waals surface area contributed by atoms with Gasteiger partial charge >= 0.3 is 0 Å². The summed E-state index contributed by atoms with van der Waals surface area (Å²) in [5.41, 5.74) is -2.82. The third kappa shape index (κ3) is 4.92. The predicted octanol–water partition coefficient (Wildman–Crippen LogP) is 2.18. The standard InChI is InChI=1S/C24H31FN6O4S/c1-3-8-36-24-27-22(26-16-10-14(16)13-5-4-12(2)15(25)9-13)19-23(28-24)31(30-29-19)17-11-18(35-7-6-32)21(34)20(17)33/h4-5,9,14,16-18,20-21,32-34H,3,6-8,10-11H2,1-2H3,(H,26,27,28)/t14-,16+,17+,18-,20-,21+/m0/s1/i3D2,4D,5D,8D2,9D,16D. The third-order valence-corrected chi connectivity index (χ3v) is 6.83. The summed E-state index contributed by atoms with van der Waals surface area (Å²) < 4.78 is 87.2. The minimum Gasteiger partial charge on any atom is -0.394 e. The lowest BCUT2D eigenvalue weighted by atomic mass is 10.1. The van der Waals surface area contributed by atoms with Gasteiger partial charge in [-0.1, -0.05) is 36.0 Å². The summed E-state index contributed by atoms with van der Waals surface area (Å²) in [5.74, 6) is -1.95. The number of aromatic nitrogens is 5. The number of ether oxygens (including phenoxy) is 1. The summed E-state index contributed by atoms with van der Waals surface area (Å²) >= 11 is 0.371. The van der Waals surface area contributed by atoms with Crippen molar-refractivity contribution in [3.05, 3.63) is 35.1 Å². The number of fused-ring (bicyclic) bond motifs is 1. The van der Waals surface area contributed by atoms with Crippen LogP contribution >= 0.6 is 11.8 Å². The number of halogens is 1. The van der Waals surface area contributed by atoms with Crippen LogP contribution in [0.3, 0.4) is 0 Å². The van der Waals surface area contributed by atoms with E-state index in [1.165, 1.54) is 11.6 Å². The van der Waals surface area contributed by atoms with Crippen molar-refractivity contribution >= 4 is 28.7 Å². The monoisotopic (exact) mass is 526 g/mol. The third-order valence-electron chi connectivity index (χ3n) is 6.15. The minimum atomic E-state index is -2.52. The molecular weight excluding hydrogens is 487 g/mol. The van der Waals surface area contributed by atoms with Gasteiger partial charge in [0.1, 0.15) is 18.0 Å². The topological polar surface area (TPSA) is 138 Å². The van der Waals surface area contributed by atoms with Gasteiger partial charge in [0.15, 0.2) is 22.1 Å². The van der Waals surface area contributed by atoms with Crippen LogP contribution < -0.4 is 5.32 Å². The molecule has 12 heteroatoms. The number of aliphatic hydroxyl groups is 3. The Kier molecular flexibility index (Phi) is 5.03. The van der Waals surface area contributed by atoms with E-state index in [9.17, 15) is 14.6 Å². The first-order valence-corrected chi connectivity index (χ1v) is 12.2. The molecule has 2 saturated carbocycles. The van der Waals surface area contributed by atoms with Crippen molar-refractivity contribution in [2.75, 3.05) is 24.2 Å². The van der Waals surface area contributed by atoms with Crippen LogP contribution in [0.5, 0.6) is 0 Å². The molecule has 4 N–H and O–H groups in total. The van der Waals surface area contributed by atoms with Crippen molar-refractivity contribution in [2.24, 2.45) is 0 Å². The first-order chi connectivity index (χ1) is 20.4. The molecule has 0 saturated heterocycles. The van der Waals surface area contributed by atoms with E-state index in [-0.39, 0.29) is 71.4 Å². The van der Waals surface area contributed by atoms with Crippen molar-refractivity contribution in [3.8, 4) is 0 Å². The second-order valence-electron chi connectivity index (χ2n) is 8.57. The van der Waals surface area contributed by atoms with E-state index in [0.29, 0.717) is 11.8 Å². The molecule has 0 radical (unpaired) electrons. The number of nitrogens with zero attached hydrogens (tertiary/aromatic N) is 5. The number of thioether (sulfide) groups is 1. The van der Waals surface area contributed by atoms with E-state index in [1.54, 1.807) is 0 Å². The Hall–Kier alpha value is -2.38. The highest BCUT2D eigenvalue weighted by Crippen LogP contribution is 2.44. The summed E-state index contributed by atoms with van der Waals surface area (Å²) in [6.45, 7) is 1.97. The maximum absolute atomic E-state index is 14.7. The van der Waals surface area contributed by atoms with Crippen LogP contribution in [0.2, 0.25) is 0 Å². The molecule has 0 aliphatic heterocycles. The number of hydrogen-bond acceptors (Lipinski definition) is 10. The lowest BCUT2D eigenvalue weighted by molar-refractivity contribution is -0.0629. The molecule has 5 rings (SSSR count). The second kappa shape index (κ2) is 10.5. The molecule has 10 nitrogen and oxygen atoms in total. The Morgan fingerprint density at radius 1 is 1.33 bits per heavy atom. The molecule has 0 unspecified atom stereocenters. The Morgan fingerprint density at radius 3 is 2.94 bits per heavy atom. The van der Waals surface area contributed by atoms with Gasteiger partial charge in [-0.2, -0.15) is 0 Å². The van der Waals surface area contributed by atoms with Gasteiger partial charge in [-0.25, -0.2) is 19.0 Å². The number of hydrogen-bond donors (Lipinski definition) is 4. The average Bonchev–Trinajstić information content (AvgIpc) is 3.26. The lowest BCUT2D eigenvalue weighted by Gasteiger charge is -2.17.